The Morgan fingerprint density at radius 3 is 3.08 bits per heavy atom. The Kier molecular flexibility index (Phi) is 1.68. The highest BCUT2D eigenvalue weighted by Gasteiger charge is 2.16. The molecule has 2 heteroatoms. The maximum atomic E-state index is 5.50. The highest BCUT2D eigenvalue weighted by molar-refractivity contribution is 5.61. The molecule has 0 saturated carbocycles. The van der Waals surface area contributed by atoms with Crippen molar-refractivity contribution in [2.45, 2.75) is 26.5 Å². The number of ether oxygens (including phenoxy) is 1. The normalized spacial score (nSPS) is 19.7. The molecule has 1 unspecified atom stereocenters. The van der Waals surface area contributed by atoms with Crippen molar-refractivity contribution in [3.05, 3.63) is 23.8 Å². The summed E-state index contributed by atoms with van der Waals surface area (Å²) in [4.78, 5) is 0. The number of hydrogen-bond acceptors (Lipinski definition) is 2. The van der Waals surface area contributed by atoms with Crippen molar-refractivity contribution >= 4 is 5.69 Å². The van der Waals surface area contributed by atoms with Crippen molar-refractivity contribution in [3.8, 4) is 5.75 Å². The van der Waals surface area contributed by atoms with Crippen LogP contribution in [-0.2, 0) is 6.42 Å². The lowest BCUT2D eigenvalue weighted by molar-refractivity contribution is 0.275. The predicted octanol–water partition coefficient (Wildman–Crippen LogP) is 2.40. The predicted molar refractivity (Wildman–Crippen MR) is 49.5 cm³/mol. The first-order chi connectivity index (χ1) is 5.79. The maximum absolute atomic E-state index is 5.50. The molecule has 1 atom stereocenters. The van der Waals surface area contributed by atoms with Crippen LogP contribution in [0.4, 0.5) is 5.69 Å². The van der Waals surface area contributed by atoms with Gasteiger partial charge in [0.05, 0.1) is 5.69 Å². The zero-order valence-corrected chi connectivity index (χ0v) is 7.42. The van der Waals surface area contributed by atoms with Gasteiger partial charge in [0.15, 0.2) is 6.23 Å². The summed E-state index contributed by atoms with van der Waals surface area (Å²) < 4.78 is 5.50. The second-order valence-corrected chi connectivity index (χ2v) is 3.09. The Morgan fingerprint density at radius 2 is 2.33 bits per heavy atom. The Hall–Kier alpha value is -1.18. The maximum Gasteiger partial charge on any atom is 0.167 e. The molecule has 12 heavy (non-hydrogen) atoms. The van der Waals surface area contributed by atoms with Gasteiger partial charge in [-0.25, -0.2) is 0 Å². The molecular formula is C10H13NO. The third-order valence-electron chi connectivity index (χ3n) is 2.11. The fraction of sp³-hybridized carbons (Fsp3) is 0.400. The highest BCUT2D eigenvalue weighted by atomic mass is 16.5. The van der Waals surface area contributed by atoms with E-state index in [0.717, 1.165) is 17.9 Å². The average molecular weight is 163 g/mol. The van der Waals surface area contributed by atoms with Crippen molar-refractivity contribution in [2.24, 2.45) is 0 Å². The van der Waals surface area contributed by atoms with Gasteiger partial charge in [0.1, 0.15) is 5.75 Å². The largest absolute Gasteiger partial charge is 0.469 e. The molecule has 0 amide bonds. The number of fused-ring (bicyclic) bond motifs is 1. The van der Waals surface area contributed by atoms with E-state index in [2.05, 4.69) is 24.4 Å². The lowest BCUT2D eigenvalue weighted by Gasteiger charge is -2.00. The highest BCUT2D eigenvalue weighted by Crippen LogP contribution is 2.32. The first-order valence-corrected chi connectivity index (χ1v) is 4.35. The molecule has 0 bridgehead atoms. The van der Waals surface area contributed by atoms with E-state index in [1.165, 1.54) is 5.56 Å². The van der Waals surface area contributed by atoms with Crippen LogP contribution in [0.3, 0.4) is 0 Å². The number of rotatable bonds is 1. The molecule has 1 aliphatic rings. The molecule has 0 aliphatic carbocycles. The molecule has 0 saturated heterocycles. The minimum Gasteiger partial charge on any atom is -0.469 e. The summed E-state index contributed by atoms with van der Waals surface area (Å²) in [7, 11) is 0. The smallest absolute Gasteiger partial charge is 0.167 e. The van der Waals surface area contributed by atoms with Crippen LogP contribution in [0.25, 0.3) is 0 Å². The molecule has 2 rings (SSSR count). The van der Waals surface area contributed by atoms with Crippen LogP contribution in [0, 0.1) is 0 Å². The van der Waals surface area contributed by atoms with E-state index < -0.39 is 0 Å². The third kappa shape index (κ3) is 1.13. The molecule has 0 fully saturated rings. The van der Waals surface area contributed by atoms with E-state index in [4.69, 9.17) is 4.74 Å². The average Bonchev–Trinajstić information content (AvgIpc) is 2.43. The van der Waals surface area contributed by atoms with E-state index in [1.54, 1.807) is 0 Å². The van der Waals surface area contributed by atoms with Gasteiger partial charge in [-0.2, -0.15) is 0 Å². The molecule has 1 aromatic carbocycles. The summed E-state index contributed by atoms with van der Waals surface area (Å²) in [6.45, 7) is 4.16. The number of nitrogens with one attached hydrogen (secondary N) is 1. The summed E-state index contributed by atoms with van der Waals surface area (Å²) >= 11 is 0. The van der Waals surface area contributed by atoms with Crippen LogP contribution in [0.1, 0.15) is 19.4 Å². The minimum atomic E-state index is 0.118. The summed E-state index contributed by atoms with van der Waals surface area (Å²) in [5.74, 6) is 0.972. The minimum absolute atomic E-state index is 0.118. The van der Waals surface area contributed by atoms with E-state index >= 15 is 0 Å². The zero-order valence-electron chi connectivity index (χ0n) is 7.42. The van der Waals surface area contributed by atoms with E-state index in [0.29, 0.717) is 0 Å². The molecule has 1 N–H and O–H groups in total. The fourth-order valence-electron chi connectivity index (χ4n) is 1.45. The van der Waals surface area contributed by atoms with Crippen LogP contribution in [-0.4, -0.2) is 6.23 Å². The molecule has 64 valence electrons. The summed E-state index contributed by atoms with van der Waals surface area (Å²) in [5, 5.41) is 3.25. The van der Waals surface area contributed by atoms with Gasteiger partial charge >= 0.3 is 0 Å². The number of aryl methyl sites for hydroxylation is 1. The molecule has 0 aromatic heterocycles. The summed E-state index contributed by atoms with van der Waals surface area (Å²) in [6, 6.07) is 6.29. The van der Waals surface area contributed by atoms with Crippen LogP contribution < -0.4 is 10.1 Å². The monoisotopic (exact) mass is 163 g/mol. The van der Waals surface area contributed by atoms with Crippen molar-refractivity contribution in [1.82, 2.24) is 0 Å². The van der Waals surface area contributed by atoms with E-state index in [9.17, 15) is 0 Å². The van der Waals surface area contributed by atoms with Gasteiger partial charge < -0.3 is 10.1 Å². The SMILES string of the molecule is CCc1ccc2c(c1)NC(C)O2. The zero-order chi connectivity index (χ0) is 8.55. The third-order valence-corrected chi connectivity index (χ3v) is 2.11. The van der Waals surface area contributed by atoms with Crippen LogP contribution >= 0.6 is 0 Å². The van der Waals surface area contributed by atoms with E-state index in [-0.39, 0.29) is 6.23 Å². The van der Waals surface area contributed by atoms with Gasteiger partial charge in [-0.1, -0.05) is 13.0 Å². The van der Waals surface area contributed by atoms with Gasteiger partial charge in [0, 0.05) is 0 Å². The van der Waals surface area contributed by atoms with Crippen LogP contribution in [0.15, 0.2) is 18.2 Å². The second kappa shape index (κ2) is 2.70. The summed E-state index contributed by atoms with van der Waals surface area (Å²) in [5.41, 5.74) is 2.47. The van der Waals surface area contributed by atoms with Crippen molar-refractivity contribution < 1.29 is 4.74 Å². The Morgan fingerprint density at radius 1 is 1.50 bits per heavy atom. The molecule has 1 aliphatic heterocycles. The van der Waals surface area contributed by atoms with Crippen LogP contribution in [0.2, 0.25) is 0 Å². The van der Waals surface area contributed by atoms with Gasteiger partial charge in [0.2, 0.25) is 0 Å². The molecule has 0 radical (unpaired) electrons. The van der Waals surface area contributed by atoms with Crippen LogP contribution in [0.5, 0.6) is 5.75 Å². The molecule has 0 spiro atoms. The van der Waals surface area contributed by atoms with Crippen molar-refractivity contribution in [3.63, 3.8) is 0 Å². The second-order valence-electron chi connectivity index (χ2n) is 3.09. The Labute approximate surface area is 72.5 Å². The van der Waals surface area contributed by atoms with Gasteiger partial charge in [-0.15, -0.1) is 0 Å². The fourth-order valence-corrected chi connectivity index (χ4v) is 1.45. The molecule has 1 heterocycles. The topological polar surface area (TPSA) is 21.3 Å². The number of hydrogen-bond donors (Lipinski definition) is 1. The lowest BCUT2D eigenvalue weighted by atomic mass is 10.1. The first-order valence-electron chi connectivity index (χ1n) is 4.35. The number of anilines is 1. The standard InChI is InChI=1S/C10H13NO/c1-3-8-4-5-10-9(6-8)11-7(2)12-10/h4-7,11H,3H2,1-2H3. The van der Waals surface area contributed by atoms with Crippen molar-refractivity contribution in [2.75, 3.05) is 5.32 Å². The Balaban J connectivity index is 2.35. The molecule has 2 nitrogen and oxygen atoms in total. The lowest BCUT2D eigenvalue weighted by Crippen LogP contribution is -2.13. The molecule has 1 aromatic rings. The quantitative estimate of drug-likeness (QED) is 0.686. The Bertz CT molecular complexity index is 296. The van der Waals surface area contributed by atoms with Gasteiger partial charge in [0.25, 0.3) is 0 Å². The van der Waals surface area contributed by atoms with Gasteiger partial charge in [-0.05, 0) is 31.0 Å². The summed E-state index contributed by atoms with van der Waals surface area (Å²) in [6.07, 6.45) is 1.19. The first kappa shape index (κ1) is 7.47. The molecular weight excluding hydrogens is 150 g/mol. The number of benzene rings is 1. The van der Waals surface area contributed by atoms with Crippen molar-refractivity contribution in [1.29, 1.82) is 0 Å². The van der Waals surface area contributed by atoms with E-state index in [1.807, 2.05) is 13.0 Å². The van der Waals surface area contributed by atoms with Gasteiger partial charge in [-0.3, -0.25) is 0 Å².